The Hall–Kier alpha value is -1.95. The van der Waals surface area contributed by atoms with Gasteiger partial charge in [0.1, 0.15) is 5.56 Å². The first-order valence-corrected chi connectivity index (χ1v) is 6.28. The number of nitrogens with zero attached hydrogens (tertiary/aromatic N) is 2. The topological polar surface area (TPSA) is 75.5 Å². The Balaban J connectivity index is 2.40. The lowest BCUT2D eigenvalue weighted by Gasteiger charge is -2.34. The molecule has 6 nitrogen and oxygen atoms in total. The molecule has 1 fully saturated rings. The average molecular weight is 263 g/mol. The lowest BCUT2D eigenvalue weighted by Crippen LogP contribution is -2.52. The molecule has 1 saturated heterocycles. The second-order valence-corrected chi connectivity index (χ2v) is 4.78. The Kier molecular flexibility index (Phi) is 3.80. The SMILES string of the molecule is Cc1cccc([N+](=O)[O-])c1C(=O)N1CCNCC1C. The molecule has 1 aliphatic rings. The maximum absolute atomic E-state index is 12.5. The van der Waals surface area contributed by atoms with E-state index in [0.29, 0.717) is 18.7 Å². The number of benzene rings is 1. The fourth-order valence-electron chi connectivity index (χ4n) is 2.37. The molecular weight excluding hydrogens is 246 g/mol. The summed E-state index contributed by atoms with van der Waals surface area (Å²) in [6.45, 7) is 5.67. The van der Waals surface area contributed by atoms with Crippen LogP contribution in [0.4, 0.5) is 5.69 Å². The van der Waals surface area contributed by atoms with Crippen molar-refractivity contribution in [3.8, 4) is 0 Å². The van der Waals surface area contributed by atoms with E-state index in [9.17, 15) is 14.9 Å². The van der Waals surface area contributed by atoms with Crippen molar-refractivity contribution in [2.45, 2.75) is 19.9 Å². The van der Waals surface area contributed by atoms with Crippen molar-refractivity contribution < 1.29 is 9.72 Å². The Bertz CT molecular complexity index is 516. The molecule has 1 aromatic rings. The minimum atomic E-state index is -0.493. The molecule has 19 heavy (non-hydrogen) atoms. The van der Waals surface area contributed by atoms with E-state index in [1.807, 2.05) is 6.92 Å². The van der Waals surface area contributed by atoms with E-state index < -0.39 is 4.92 Å². The van der Waals surface area contributed by atoms with Crippen molar-refractivity contribution in [3.63, 3.8) is 0 Å². The van der Waals surface area contributed by atoms with E-state index in [0.717, 1.165) is 6.54 Å². The third-order valence-corrected chi connectivity index (χ3v) is 3.42. The highest BCUT2D eigenvalue weighted by molar-refractivity contribution is 5.99. The molecule has 1 amide bonds. The number of nitro groups is 1. The van der Waals surface area contributed by atoms with Gasteiger partial charge >= 0.3 is 0 Å². The molecule has 1 heterocycles. The summed E-state index contributed by atoms with van der Waals surface area (Å²) < 4.78 is 0. The monoisotopic (exact) mass is 263 g/mol. The van der Waals surface area contributed by atoms with Crippen molar-refractivity contribution in [1.29, 1.82) is 0 Å². The van der Waals surface area contributed by atoms with Crippen LogP contribution >= 0.6 is 0 Å². The Morgan fingerprint density at radius 3 is 2.89 bits per heavy atom. The number of amides is 1. The average Bonchev–Trinajstić information content (AvgIpc) is 2.38. The van der Waals surface area contributed by atoms with Gasteiger partial charge in [-0.2, -0.15) is 0 Å². The number of nitro benzene ring substituents is 1. The molecule has 0 spiro atoms. The molecule has 1 N–H and O–H groups in total. The number of hydrogen-bond acceptors (Lipinski definition) is 4. The van der Waals surface area contributed by atoms with Crippen molar-refractivity contribution in [3.05, 3.63) is 39.4 Å². The maximum Gasteiger partial charge on any atom is 0.282 e. The minimum absolute atomic E-state index is 0.0421. The summed E-state index contributed by atoms with van der Waals surface area (Å²) in [7, 11) is 0. The number of rotatable bonds is 2. The number of aryl methyl sites for hydroxylation is 1. The van der Waals surface area contributed by atoms with Crippen LogP contribution in [-0.4, -0.2) is 41.4 Å². The smallest absolute Gasteiger partial charge is 0.282 e. The zero-order valence-electron chi connectivity index (χ0n) is 11.0. The van der Waals surface area contributed by atoms with Crippen LogP contribution in [0.3, 0.4) is 0 Å². The number of carbonyl (C=O) groups is 1. The maximum atomic E-state index is 12.5. The van der Waals surface area contributed by atoms with Gasteiger partial charge in [0.15, 0.2) is 0 Å². The van der Waals surface area contributed by atoms with Crippen molar-refractivity contribution in [2.75, 3.05) is 19.6 Å². The number of nitrogens with one attached hydrogen (secondary N) is 1. The Morgan fingerprint density at radius 1 is 1.53 bits per heavy atom. The van der Waals surface area contributed by atoms with Crippen molar-refractivity contribution in [1.82, 2.24) is 10.2 Å². The first-order valence-electron chi connectivity index (χ1n) is 6.28. The largest absolute Gasteiger partial charge is 0.333 e. The lowest BCUT2D eigenvalue weighted by atomic mass is 10.0. The molecule has 6 heteroatoms. The van der Waals surface area contributed by atoms with Crippen molar-refractivity contribution >= 4 is 11.6 Å². The summed E-state index contributed by atoms with van der Waals surface area (Å²) in [4.78, 5) is 24.8. The predicted octanol–water partition coefficient (Wildman–Crippen LogP) is 1.34. The first-order chi connectivity index (χ1) is 9.02. The van der Waals surface area contributed by atoms with Gasteiger partial charge in [-0.1, -0.05) is 12.1 Å². The van der Waals surface area contributed by atoms with Crippen molar-refractivity contribution in [2.24, 2.45) is 0 Å². The predicted molar refractivity (Wildman–Crippen MR) is 71.2 cm³/mol. The quantitative estimate of drug-likeness (QED) is 0.645. The zero-order chi connectivity index (χ0) is 14.0. The van der Waals surface area contributed by atoms with Gasteiger partial charge in [0, 0.05) is 31.7 Å². The molecule has 0 aromatic heterocycles. The number of carbonyl (C=O) groups excluding carboxylic acids is 1. The third-order valence-electron chi connectivity index (χ3n) is 3.42. The second kappa shape index (κ2) is 5.36. The Morgan fingerprint density at radius 2 is 2.26 bits per heavy atom. The highest BCUT2D eigenvalue weighted by Gasteiger charge is 2.30. The van der Waals surface area contributed by atoms with Gasteiger partial charge in [-0.3, -0.25) is 14.9 Å². The summed E-state index contributed by atoms with van der Waals surface area (Å²) in [5, 5.41) is 14.3. The zero-order valence-corrected chi connectivity index (χ0v) is 11.0. The van der Waals surface area contributed by atoms with Gasteiger partial charge in [0.25, 0.3) is 11.6 Å². The van der Waals surface area contributed by atoms with E-state index in [2.05, 4.69) is 5.32 Å². The molecule has 0 aliphatic carbocycles. The number of piperazine rings is 1. The van der Waals surface area contributed by atoms with Crippen LogP contribution in [0.15, 0.2) is 18.2 Å². The van der Waals surface area contributed by atoms with Crippen LogP contribution in [0.2, 0.25) is 0 Å². The molecule has 0 bridgehead atoms. The van der Waals surface area contributed by atoms with E-state index in [4.69, 9.17) is 0 Å². The minimum Gasteiger partial charge on any atom is -0.333 e. The van der Waals surface area contributed by atoms with Crippen LogP contribution in [-0.2, 0) is 0 Å². The molecule has 0 saturated carbocycles. The molecule has 1 aromatic carbocycles. The van der Waals surface area contributed by atoms with Crippen LogP contribution < -0.4 is 5.32 Å². The summed E-state index contributed by atoms with van der Waals surface area (Å²) in [5.41, 5.74) is 0.738. The van der Waals surface area contributed by atoms with Gasteiger partial charge in [-0.25, -0.2) is 0 Å². The molecule has 1 atom stereocenters. The molecule has 1 aliphatic heterocycles. The highest BCUT2D eigenvalue weighted by atomic mass is 16.6. The summed E-state index contributed by atoms with van der Waals surface area (Å²) in [5.74, 6) is -0.251. The van der Waals surface area contributed by atoms with Gasteiger partial charge in [-0.15, -0.1) is 0 Å². The van der Waals surface area contributed by atoms with Gasteiger partial charge in [0.2, 0.25) is 0 Å². The Labute approximate surface area is 111 Å². The van der Waals surface area contributed by atoms with Gasteiger partial charge in [-0.05, 0) is 19.4 Å². The highest BCUT2D eigenvalue weighted by Crippen LogP contribution is 2.24. The fraction of sp³-hybridized carbons (Fsp3) is 0.462. The van der Waals surface area contributed by atoms with Gasteiger partial charge in [0.05, 0.1) is 4.92 Å². The molecule has 2 rings (SSSR count). The fourth-order valence-corrected chi connectivity index (χ4v) is 2.37. The number of hydrogen-bond donors (Lipinski definition) is 1. The molecule has 102 valence electrons. The molecule has 0 radical (unpaired) electrons. The second-order valence-electron chi connectivity index (χ2n) is 4.78. The van der Waals surface area contributed by atoms with E-state index in [1.165, 1.54) is 6.07 Å². The van der Waals surface area contributed by atoms with Crippen LogP contribution in [0.1, 0.15) is 22.8 Å². The van der Waals surface area contributed by atoms with Crippen LogP contribution in [0.25, 0.3) is 0 Å². The van der Waals surface area contributed by atoms with E-state index in [-0.39, 0.29) is 23.2 Å². The summed E-state index contributed by atoms with van der Waals surface area (Å²) in [6, 6.07) is 4.76. The van der Waals surface area contributed by atoms with Gasteiger partial charge < -0.3 is 10.2 Å². The normalized spacial score (nSPS) is 19.3. The lowest BCUT2D eigenvalue weighted by molar-refractivity contribution is -0.385. The summed E-state index contributed by atoms with van der Waals surface area (Å²) in [6.07, 6.45) is 0. The molecular formula is C13H17N3O3. The first kappa shape index (κ1) is 13.5. The van der Waals surface area contributed by atoms with Crippen LogP contribution in [0, 0.1) is 17.0 Å². The standard InChI is InChI=1S/C13H17N3O3/c1-9-4-3-5-11(16(18)19)12(9)13(17)15-7-6-14-8-10(15)2/h3-5,10,14H,6-8H2,1-2H3. The van der Waals surface area contributed by atoms with E-state index >= 15 is 0 Å². The van der Waals surface area contributed by atoms with Crippen LogP contribution in [0.5, 0.6) is 0 Å². The molecule has 1 unspecified atom stereocenters. The van der Waals surface area contributed by atoms with E-state index in [1.54, 1.807) is 24.0 Å². The third kappa shape index (κ3) is 2.58. The summed E-state index contributed by atoms with van der Waals surface area (Å²) >= 11 is 0.